The molecule has 2 unspecified atom stereocenters. The summed E-state index contributed by atoms with van der Waals surface area (Å²) in [5, 5.41) is 11.6. The molecule has 21 heavy (non-hydrogen) atoms. The normalized spacial score (nSPS) is 22.5. The number of benzene rings is 1. The molecule has 0 spiro atoms. The number of nitro benzene ring substituents is 1. The lowest BCUT2D eigenvalue weighted by atomic mass is 9.83. The van der Waals surface area contributed by atoms with Gasteiger partial charge in [0, 0.05) is 18.7 Å². The summed E-state index contributed by atoms with van der Waals surface area (Å²) in [6, 6.07) is 5.21. The maximum absolute atomic E-state index is 11.2. The molecule has 2 N–H and O–H groups in total. The minimum atomic E-state index is -0.365. The molecule has 116 valence electrons. The van der Waals surface area contributed by atoms with Crippen molar-refractivity contribution in [2.24, 2.45) is 11.7 Å². The van der Waals surface area contributed by atoms with E-state index in [1.54, 1.807) is 12.1 Å². The van der Waals surface area contributed by atoms with Gasteiger partial charge in [-0.3, -0.25) is 15.0 Å². The summed E-state index contributed by atoms with van der Waals surface area (Å²) in [5.41, 5.74) is 6.55. The van der Waals surface area contributed by atoms with Crippen LogP contribution in [0.25, 0.3) is 0 Å². The second kappa shape index (κ2) is 7.20. The molecule has 0 saturated heterocycles. The highest BCUT2D eigenvalue weighted by atomic mass is 35.5. The van der Waals surface area contributed by atoms with Crippen LogP contribution in [0.4, 0.5) is 5.69 Å². The molecule has 0 aliphatic heterocycles. The quantitative estimate of drug-likeness (QED) is 0.669. The third-order valence-corrected chi connectivity index (χ3v) is 4.79. The van der Waals surface area contributed by atoms with Crippen LogP contribution in [0.5, 0.6) is 0 Å². The zero-order valence-corrected chi connectivity index (χ0v) is 13.1. The standard InChI is InChI=1S/C15H22ClN3O2/c1-18(14-7-3-2-5-11(14)9-17)10-12-13(16)6-4-8-15(12)19(20)21/h4,6,8,11,14H,2-3,5,7,9-10,17H2,1H3. The molecule has 0 amide bonds. The van der Waals surface area contributed by atoms with Crippen LogP contribution < -0.4 is 5.73 Å². The molecule has 1 fully saturated rings. The van der Waals surface area contributed by atoms with Crippen molar-refractivity contribution in [1.29, 1.82) is 0 Å². The first-order valence-corrected chi connectivity index (χ1v) is 7.74. The van der Waals surface area contributed by atoms with E-state index in [4.69, 9.17) is 17.3 Å². The van der Waals surface area contributed by atoms with Crippen LogP contribution in [0.3, 0.4) is 0 Å². The van der Waals surface area contributed by atoms with Gasteiger partial charge >= 0.3 is 0 Å². The largest absolute Gasteiger partial charge is 0.330 e. The third-order valence-electron chi connectivity index (χ3n) is 4.44. The zero-order chi connectivity index (χ0) is 15.4. The fourth-order valence-corrected chi connectivity index (χ4v) is 3.51. The number of rotatable bonds is 5. The van der Waals surface area contributed by atoms with Crippen LogP contribution >= 0.6 is 11.6 Å². The SMILES string of the molecule is CN(Cc1c(Cl)cccc1[N+](=O)[O-])C1CCCCC1CN. The van der Waals surface area contributed by atoms with Gasteiger partial charge in [0.15, 0.2) is 0 Å². The second-order valence-electron chi connectivity index (χ2n) is 5.76. The van der Waals surface area contributed by atoms with Crippen molar-refractivity contribution in [2.45, 2.75) is 38.3 Å². The van der Waals surface area contributed by atoms with Crippen molar-refractivity contribution in [3.05, 3.63) is 38.9 Å². The molecule has 5 nitrogen and oxygen atoms in total. The average molecular weight is 312 g/mol. The van der Waals surface area contributed by atoms with E-state index in [9.17, 15) is 10.1 Å². The van der Waals surface area contributed by atoms with Gasteiger partial charge in [0.25, 0.3) is 5.69 Å². The van der Waals surface area contributed by atoms with E-state index >= 15 is 0 Å². The highest BCUT2D eigenvalue weighted by molar-refractivity contribution is 6.31. The monoisotopic (exact) mass is 311 g/mol. The van der Waals surface area contributed by atoms with Gasteiger partial charge in [-0.25, -0.2) is 0 Å². The summed E-state index contributed by atoms with van der Waals surface area (Å²) in [6.07, 6.45) is 4.64. The number of nitrogens with two attached hydrogens (primary N) is 1. The van der Waals surface area contributed by atoms with Crippen molar-refractivity contribution < 1.29 is 4.92 Å². The topological polar surface area (TPSA) is 72.4 Å². The van der Waals surface area contributed by atoms with Gasteiger partial charge in [0.1, 0.15) is 0 Å². The second-order valence-corrected chi connectivity index (χ2v) is 6.16. The van der Waals surface area contributed by atoms with E-state index in [1.165, 1.54) is 18.9 Å². The Morgan fingerprint density at radius 2 is 2.14 bits per heavy atom. The highest BCUT2D eigenvalue weighted by Crippen LogP contribution is 2.32. The third kappa shape index (κ3) is 3.73. The molecular weight excluding hydrogens is 290 g/mol. The average Bonchev–Trinajstić information content (AvgIpc) is 2.48. The molecular formula is C15H22ClN3O2. The predicted molar refractivity (Wildman–Crippen MR) is 84.4 cm³/mol. The Labute approximate surface area is 130 Å². The Kier molecular flexibility index (Phi) is 5.56. The molecule has 0 heterocycles. The van der Waals surface area contributed by atoms with Crippen molar-refractivity contribution in [2.75, 3.05) is 13.6 Å². The summed E-state index contributed by atoms with van der Waals surface area (Å²) >= 11 is 6.17. The van der Waals surface area contributed by atoms with Crippen LogP contribution in [-0.2, 0) is 6.54 Å². The van der Waals surface area contributed by atoms with Crippen LogP contribution in [0.15, 0.2) is 18.2 Å². The first-order valence-electron chi connectivity index (χ1n) is 7.36. The van der Waals surface area contributed by atoms with Crippen molar-refractivity contribution in [3.63, 3.8) is 0 Å². The molecule has 2 atom stereocenters. The van der Waals surface area contributed by atoms with E-state index < -0.39 is 0 Å². The Bertz CT molecular complexity index is 510. The van der Waals surface area contributed by atoms with Crippen LogP contribution in [-0.4, -0.2) is 29.5 Å². The van der Waals surface area contributed by atoms with E-state index in [-0.39, 0.29) is 10.6 Å². The van der Waals surface area contributed by atoms with Crippen LogP contribution in [0.2, 0.25) is 5.02 Å². The first-order chi connectivity index (χ1) is 10.0. The van der Waals surface area contributed by atoms with Gasteiger partial charge in [-0.05, 0) is 38.4 Å². The van der Waals surface area contributed by atoms with E-state index in [1.807, 2.05) is 7.05 Å². The summed E-state index contributed by atoms with van der Waals surface area (Å²) < 4.78 is 0. The molecule has 1 aliphatic rings. The van der Waals surface area contributed by atoms with Crippen molar-refractivity contribution in [3.8, 4) is 0 Å². The Balaban J connectivity index is 2.19. The molecule has 0 bridgehead atoms. The number of hydrogen-bond donors (Lipinski definition) is 1. The number of halogens is 1. The molecule has 1 saturated carbocycles. The van der Waals surface area contributed by atoms with Crippen molar-refractivity contribution >= 4 is 17.3 Å². The lowest BCUT2D eigenvalue weighted by Gasteiger charge is -2.37. The lowest BCUT2D eigenvalue weighted by Crippen LogP contribution is -2.42. The Hall–Kier alpha value is -1.17. The number of nitrogens with zero attached hydrogens (tertiary/aromatic N) is 2. The van der Waals surface area contributed by atoms with Gasteiger partial charge in [-0.15, -0.1) is 0 Å². The molecule has 1 aromatic rings. The molecule has 6 heteroatoms. The van der Waals surface area contributed by atoms with Crippen molar-refractivity contribution in [1.82, 2.24) is 4.90 Å². The van der Waals surface area contributed by atoms with Gasteiger partial charge in [-0.1, -0.05) is 30.5 Å². The minimum absolute atomic E-state index is 0.0921. The lowest BCUT2D eigenvalue weighted by molar-refractivity contribution is -0.385. The predicted octanol–water partition coefficient (Wildman–Crippen LogP) is 3.20. The molecule has 1 aliphatic carbocycles. The van der Waals surface area contributed by atoms with Gasteiger partial charge in [0.05, 0.1) is 15.5 Å². The van der Waals surface area contributed by atoms with Gasteiger partial charge < -0.3 is 5.73 Å². The summed E-state index contributed by atoms with van der Waals surface area (Å²) in [5.74, 6) is 0.463. The maximum atomic E-state index is 11.2. The fourth-order valence-electron chi connectivity index (χ4n) is 3.28. The van der Waals surface area contributed by atoms with Crippen LogP contribution in [0, 0.1) is 16.0 Å². The number of hydrogen-bond acceptors (Lipinski definition) is 4. The highest BCUT2D eigenvalue weighted by Gasteiger charge is 2.29. The maximum Gasteiger partial charge on any atom is 0.275 e. The van der Waals surface area contributed by atoms with E-state index in [2.05, 4.69) is 4.90 Å². The summed E-state index contributed by atoms with van der Waals surface area (Å²) in [6.45, 7) is 1.15. The molecule has 1 aromatic carbocycles. The van der Waals surface area contributed by atoms with Crippen LogP contribution in [0.1, 0.15) is 31.2 Å². The number of nitro groups is 1. The first kappa shape index (κ1) is 16.2. The molecule has 2 rings (SSSR count). The summed E-state index contributed by atoms with van der Waals surface area (Å²) in [7, 11) is 2.01. The van der Waals surface area contributed by atoms with Gasteiger partial charge in [0.2, 0.25) is 0 Å². The zero-order valence-electron chi connectivity index (χ0n) is 12.3. The Morgan fingerprint density at radius 3 is 2.81 bits per heavy atom. The molecule has 0 radical (unpaired) electrons. The fraction of sp³-hybridized carbons (Fsp3) is 0.600. The van der Waals surface area contributed by atoms with E-state index in [0.29, 0.717) is 35.6 Å². The van der Waals surface area contributed by atoms with Gasteiger partial charge in [-0.2, -0.15) is 0 Å². The summed E-state index contributed by atoms with van der Waals surface area (Å²) in [4.78, 5) is 13.0. The minimum Gasteiger partial charge on any atom is -0.330 e. The van der Waals surface area contributed by atoms with E-state index in [0.717, 1.165) is 12.8 Å². The smallest absolute Gasteiger partial charge is 0.275 e. The molecule has 0 aromatic heterocycles. The Morgan fingerprint density at radius 1 is 1.43 bits per heavy atom.